The number of ether oxygens (including phenoxy) is 1. The number of fused-ring (bicyclic) bond motifs is 1. The molecule has 3 saturated heterocycles. The topological polar surface area (TPSA) is 73.9 Å². The maximum Gasteiger partial charge on any atom is 0.237 e. The van der Waals surface area contributed by atoms with Crippen molar-refractivity contribution in [1.82, 2.24) is 20.4 Å². The van der Waals surface area contributed by atoms with Crippen LogP contribution in [0.2, 0.25) is 0 Å². The summed E-state index contributed by atoms with van der Waals surface area (Å²) in [5.41, 5.74) is 1.02. The van der Waals surface area contributed by atoms with Crippen molar-refractivity contribution in [2.45, 2.75) is 43.9 Å². The number of hydrogen-bond donors (Lipinski definition) is 2. The van der Waals surface area contributed by atoms with Crippen LogP contribution in [0.4, 0.5) is 4.39 Å². The minimum atomic E-state index is -0.238. The summed E-state index contributed by atoms with van der Waals surface area (Å²) in [7, 11) is 0. The molecule has 0 radical (unpaired) electrons. The molecule has 2 N–H and O–H groups in total. The first-order chi connectivity index (χ1) is 14.1. The van der Waals surface area contributed by atoms with E-state index in [1.807, 2.05) is 4.90 Å². The number of rotatable bonds is 6. The Morgan fingerprint density at radius 3 is 2.76 bits per heavy atom. The smallest absolute Gasteiger partial charge is 0.237 e. The SMILES string of the molecule is O=C1NC[C@@H](CCC(=O)N2CCOCC2)N2C[C@H](NCc3ccc(F)cc3)C[C@H]12. The lowest BCUT2D eigenvalue weighted by Gasteiger charge is -2.37. The molecular weight excluding hydrogens is 375 g/mol. The van der Waals surface area contributed by atoms with Gasteiger partial charge in [0.05, 0.1) is 19.3 Å². The Labute approximate surface area is 170 Å². The molecule has 0 saturated carbocycles. The molecule has 158 valence electrons. The van der Waals surface area contributed by atoms with Gasteiger partial charge in [-0.2, -0.15) is 0 Å². The van der Waals surface area contributed by atoms with E-state index >= 15 is 0 Å². The van der Waals surface area contributed by atoms with E-state index in [0.717, 1.165) is 24.9 Å². The van der Waals surface area contributed by atoms with Crippen LogP contribution in [0.3, 0.4) is 0 Å². The maximum atomic E-state index is 13.1. The average molecular weight is 404 g/mol. The predicted molar refractivity (Wildman–Crippen MR) is 106 cm³/mol. The van der Waals surface area contributed by atoms with Crippen molar-refractivity contribution in [3.63, 3.8) is 0 Å². The van der Waals surface area contributed by atoms with Gasteiger partial charge in [-0.05, 0) is 30.5 Å². The van der Waals surface area contributed by atoms with Crippen molar-refractivity contribution in [1.29, 1.82) is 0 Å². The van der Waals surface area contributed by atoms with Gasteiger partial charge < -0.3 is 20.3 Å². The van der Waals surface area contributed by atoms with E-state index in [9.17, 15) is 14.0 Å². The molecule has 3 atom stereocenters. The third-order valence-corrected chi connectivity index (χ3v) is 6.19. The van der Waals surface area contributed by atoms with Crippen LogP contribution in [-0.4, -0.2) is 79.1 Å². The quantitative estimate of drug-likeness (QED) is 0.722. The van der Waals surface area contributed by atoms with Gasteiger partial charge in [-0.1, -0.05) is 12.1 Å². The van der Waals surface area contributed by atoms with Crippen LogP contribution in [-0.2, 0) is 20.9 Å². The van der Waals surface area contributed by atoms with Crippen LogP contribution in [0, 0.1) is 5.82 Å². The molecule has 0 spiro atoms. The first-order valence-corrected chi connectivity index (χ1v) is 10.5. The van der Waals surface area contributed by atoms with Crippen LogP contribution >= 0.6 is 0 Å². The minimum Gasteiger partial charge on any atom is -0.378 e. The highest BCUT2D eigenvalue weighted by atomic mass is 19.1. The third kappa shape index (κ3) is 4.94. The fraction of sp³-hybridized carbons (Fsp3) is 0.619. The number of carbonyl (C=O) groups excluding carboxylic acids is 2. The number of nitrogens with zero attached hydrogens (tertiary/aromatic N) is 2. The van der Waals surface area contributed by atoms with E-state index in [4.69, 9.17) is 4.74 Å². The van der Waals surface area contributed by atoms with Crippen LogP contribution < -0.4 is 10.6 Å². The first-order valence-electron chi connectivity index (χ1n) is 10.5. The molecule has 29 heavy (non-hydrogen) atoms. The van der Waals surface area contributed by atoms with Gasteiger partial charge in [0, 0.05) is 51.2 Å². The lowest BCUT2D eigenvalue weighted by Crippen LogP contribution is -2.58. The number of nitrogens with one attached hydrogen (secondary N) is 2. The van der Waals surface area contributed by atoms with Gasteiger partial charge in [-0.3, -0.25) is 14.5 Å². The second-order valence-electron chi connectivity index (χ2n) is 8.08. The maximum absolute atomic E-state index is 13.1. The zero-order valence-electron chi connectivity index (χ0n) is 16.6. The fourth-order valence-corrected chi connectivity index (χ4v) is 4.52. The number of halogens is 1. The van der Waals surface area contributed by atoms with Crippen LogP contribution in [0.1, 0.15) is 24.8 Å². The Balaban J connectivity index is 1.29. The van der Waals surface area contributed by atoms with Gasteiger partial charge in [-0.15, -0.1) is 0 Å². The number of benzene rings is 1. The summed E-state index contributed by atoms with van der Waals surface area (Å²) in [6.07, 6.45) is 2.00. The Morgan fingerprint density at radius 2 is 2.00 bits per heavy atom. The lowest BCUT2D eigenvalue weighted by atomic mass is 10.0. The second-order valence-corrected chi connectivity index (χ2v) is 8.08. The number of amides is 2. The summed E-state index contributed by atoms with van der Waals surface area (Å²) in [6, 6.07) is 6.72. The molecule has 2 amide bonds. The molecule has 0 aliphatic carbocycles. The summed E-state index contributed by atoms with van der Waals surface area (Å²) < 4.78 is 18.4. The Kier molecular flexibility index (Phi) is 6.42. The van der Waals surface area contributed by atoms with Crippen molar-refractivity contribution in [2.75, 3.05) is 39.4 Å². The van der Waals surface area contributed by atoms with Crippen molar-refractivity contribution in [3.05, 3.63) is 35.6 Å². The van der Waals surface area contributed by atoms with Crippen molar-refractivity contribution < 1.29 is 18.7 Å². The highest BCUT2D eigenvalue weighted by molar-refractivity contribution is 5.83. The van der Waals surface area contributed by atoms with Gasteiger partial charge in [-0.25, -0.2) is 4.39 Å². The van der Waals surface area contributed by atoms with Crippen LogP contribution in [0.5, 0.6) is 0 Å². The van der Waals surface area contributed by atoms with Gasteiger partial charge in [0.2, 0.25) is 11.8 Å². The largest absolute Gasteiger partial charge is 0.378 e. The van der Waals surface area contributed by atoms with E-state index in [1.54, 1.807) is 12.1 Å². The normalized spacial score (nSPS) is 27.6. The summed E-state index contributed by atoms with van der Waals surface area (Å²) in [4.78, 5) is 29.0. The Bertz CT molecular complexity index is 723. The molecule has 0 unspecified atom stereocenters. The predicted octanol–water partition coefficient (Wildman–Crippen LogP) is 0.496. The molecule has 1 aromatic carbocycles. The van der Waals surface area contributed by atoms with Crippen molar-refractivity contribution >= 4 is 11.8 Å². The van der Waals surface area contributed by atoms with Gasteiger partial charge in [0.25, 0.3) is 0 Å². The second kappa shape index (κ2) is 9.19. The van der Waals surface area contributed by atoms with Crippen LogP contribution in [0.25, 0.3) is 0 Å². The summed E-state index contributed by atoms with van der Waals surface area (Å²) >= 11 is 0. The summed E-state index contributed by atoms with van der Waals surface area (Å²) in [5.74, 6) is 0.0108. The fourth-order valence-electron chi connectivity index (χ4n) is 4.52. The first kappa shape index (κ1) is 20.3. The average Bonchev–Trinajstić information content (AvgIpc) is 3.19. The summed E-state index contributed by atoms with van der Waals surface area (Å²) in [6.45, 7) is 4.59. The Hall–Kier alpha value is -2.03. The van der Waals surface area contributed by atoms with E-state index < -0.39 is 0 Å². The number of hydrogen-bond acceptors (Lipinski definition) is 5. The molecule has 3 heterocycles. The van der Waals surface area contributed by atoms with Gasteiger partial charge in [0.1, 0.15) is 5.82 Å². The monoisotopic (exact) mass is 404 g/mol. The molecule has 1 aromatic rings. The molecule has 3 aliphatic rings. The lowest BCUT2D eigenvalue weighted by molar-refractivity contribution is -0.136. The molecular formula is C21H29FN4O3. The van der Waals surface area contributed by atoms with Gasteiger partial charge in [0.15, 0.2) is 0 Å². The molecule has 0 aromatic heterocycles. The molecule has 3 aliphatic heterocycles. The van der Waals surface area contributed by atoms with Crippen LogP contribution in [0.15, 0.2) is 24.3 Å². The standard InChI is InChI=1S/C21H29FN4O3/c22-16-3-1-15(2-4-16)12-23-17-11-19-21(28)24-13-18(26(19)14-17)5-6-20(27)25-7-9-29-10-8-25/h1-4,17-19,23H,5-14H2,(H,24,28)/t17-,18-,19-/m1/s1. The zero-order chi connectivity index (χ0) is 20.2. The summed E-state index contributed by atoms with van der Waals surface area (Å²) in [5, 5.41) is 6.51. The Morgan fingerprint density at radius 1 is 1.24 bits per heavy atom. The van der Waals surface area contributed by atoms with E-state index in [-0.39, 0.29) is 35.8 Å². The van der Waals surface area contributed by atoms with E-state index in [2.05, 4.69) is 15.5 Å². The van der Waals surface area contributed by atoms with E-state index in [1.165, 1.54) is 12.1 Å². The molecule has 0 bridgehead atoms. The van der Waals surface area contributed by atoms with Crippen molar-refractivity contribution in [3.8, 4) is 0 Å². The third-order valence-electron chi connectivity index (χ3n) is 6.19. The molecule has 8 heteroatoms. The number of morpholine rings is 1. The number of piperazine rings is 1. The van der Waals surface area contributed by atoms with Gasteiger partial charge >= 0.3 is 0 Å². The highest BCUT2D eigenvalue weighted by Crippen LogP contribution is 2.26. The minimum absolute atomic E-state index is 0.0758. The van der Waals surface area contributed by atoms with Crippen molar-refractivity contribution in [2.24, 2.45) is 0 Å². The number of carbonyl (C=O) groups is 2. The molecule has 4 rings (SSSR count). The highest BCUT2D eigenvalue weighted by Gasteiger charge is 2.43. The molecule has 7 nitrogen and oxygen atoms in total. The van der Waals surface area contributed by atoms with E-state index in [0.29, 0.717) is 45.8 Å². The molecule has 3 fully saturated rings. The zero-order valence-corrected chi connectivity index (χ0v) is 16.6.